The highest BCUT2D eigenvalue weighted by atomic mass is 35.5. The molecule has 0 radical (unpaired) electrons. The van der Waals surface area contributed by atoms with E-state index in [4.69, 9.17) is 23.2 Å². The molecular weight excluding hydrogens is 347 g/mol. The van der Waals surface area contributed by atoms with E-state index in [1.165, 1.54) is 19.3 Å². The summed E-state index contributed by atoms with van der Waals surface area (Å²) in [4.78, 5) is 15.1. The van der Waals surface area contributed by atoms with Gasteiger partial charge in [0.1, 0.15) is 0 Å². The van der Waals surface area contributed by atoms with Gasteiger partial charge in [-0.05, 0) is 55.7 Å². The van der Waals surface area contributed by atoms with Crippen molar-refractivity contribution in [1.29, 1.82) is 0 Å². The zero-order chi connectivity index (χ0) is 17.1. The van der Waals surface area contributed by atoms with Crippen LogP contribution in [0.4, 0.5) is 0 Å². The molecule has 1 saturated heterocycles. The van der Waals surface area contributed by atoms with Gasteiger partial charge in [0.25, 0.3) is 5.91 Å². The van der Waals surface area contributed by atoms with Crippen molar-refractivity contribution in [3.63, 3.8) is 0 Å². The second-order valence-electron chi connectivity index (χ2n) is 6.92. The molecule has 1 aromatic carbocycles. The molecule has 3 rings (SSSR count). The van der Waals surface area contributed by atoms with Gasteiger partial charge in [0.2, 0.25) is 0 Å². The fourth-order valence-corrected chi connectivity index (χ4v) is 4.28. The maximum atomic E-state index is 12.7. The molecule has 1 amide bonds. The van der Waals surface area contributed by atoms with Crippen LogP contribution in [0, 0.1) is 11.8 Å². The minimum atomic E-state index is -0.153. The van der Waals surface area contributed by atoms with Crippen LogP contribution >= 0.6 is 23.2 Å². The third kappa shape index (κ3) is 4.05. The zero-order valence-electron chi connectivity index (χ0n) is 13.7. The van der Waals surface area contributed by atoms with E-state index >= 15 is 0 Å². The Bertz CT molecular complexity index is 584. The highest BCUT2D eigenvalue weighted by Gasteiger charge is 2.38. The molecule has 1 unspecified atom stereocenters. The largest absolute Gasteiger partial charge is 0.396 e. The second kappa shape index (κ2) is 8.05. The molecule has 24 heavy (non-hydrogen) atoms. The van der Waals surface area contributed by atoms with Crippen LogP contribution < -0.4 is 5.32 Å². The third-order valence-corrected chi connectivity index (χ3v) is 5.76. The topological polar surface area (TPSA) is 52.6 Å². The van der Waals surface area contributed by atoms with Crippen LogP contribution in [0.2, 0.25) is 10.0 Å². The molecule has 1 aliphatic heterocycles. The van der Waals surface area contributed by atoms with E-state index in [1.807, 2.05) is 0 Å². The summed E-state index contributed by atoms with van der Waals surface area (Å²) in [6.07, 6.45) is 5.55. The Morgan fingerprint density at radius 2 is 1.96 bits per heavy atom. The fourth-order valence-electron chi connectivity index (χ4n) is 3.78. The van der Waals surface area contributed by atoms with Gasteiger partial charge in [0.15, 0.2) is 0 Å². The Hall–Kier alpha value is -0.810. The fraction of sp³-hybridized carbons (Fsp3) is 0.611. The predicted octanol–water partition coefficient (Wildman–Crippen LogP) is 3.55. The molecule has 2 aliphatic rings. The molecule has 1 aromatic rings. The number of nitrogens with zero attached hydrogens (tertiary/aromatic N) is 1. The molecule has 1 aliphatic carbocycles. The van der Waals surface area contributed by atoms with Crippen LogP contribution in [-0.2, 0) is 0 Å². The van der Waals surface area contributed by atoms with E-state index in [-0.39, 0.29) is 18.7 Å². The van der Waals surface area contributed by atoms with Crippen LogP contribution in [0.5, 0.6) is 0 Å². The number of hydrogen-bond donors (Lipinski definition) is 2. The molecule has 2 fully saturated rings. The highest BCUT2D eigenvalue weighted by Crippen LogP contribution is 2.37. The Kier molecular flexibility index (Phi) is 6.03. The molecule has 4 nitrogen and oxygen atoms in total. The SMILES string of the molecule is O=C(NC(C1CC(CO)C1)N1CCCCC1)c1ccc(Cl)cc1Cl. The molecule has 2 N–H and O–H groups in total. The molecular formula is C18H24Cl2N2O2. The molecule has 1 heterocycles. The Morgan fingerprint density at radius 1 is 1.25 bits per heavy atom. The van der Waals surface area contributed by atoms with Gasteiger partial charge in [0.05, 0.1) is 16.8 Å². The lowest BCUT2D eigenvalue weighted by molar-refractivity contribution is 0.00869. The maximum absolute atomic E-state index is 12.7. The summed E-state index contributed by atoms with van der Waals surface area (Å²) in [6, 6.07) is 4.95. The summed E-state index contributed by atoms with van der Waals surface area (Å²) < 4.78 is 0. The van der Waals surface area contributed by atoms with Gasteiger partial charge in [-0.2, -0.15) is 0 Å². The Balaban J connectivity index is 1.71. The first-order valence-corrected chi connectivity index (χ1v) is 9.45. The summed E-state index contributed by atoms with van der Waals surface area (Å²) in [5.41, 5.74) is 0.459. The number of benzene rings is 1. The van der Waals surface area contributed by atoms with Crippen molar-refractivity contribution in [2.75, 3.05) is 19.7 Å². The number of halogens is 2. The van der Waals surface area contributed by atoms with Gasteiger partial charge in [-0.3, -0.25) is 9.69 Å². The van der Waals surface area contributed by atoms with Crippen molar-refractivity contribution < 1.29 is 9.90 Å². The number of aliphatic hydroxyl groups excluding tert-OH is 1. The molecule has 0 aromatic heterocycles. The van der Waals surface area contributed by atoms with Gasteiger partial charge >= 0.3 is 0 Å². The summed E-state index contributed by atoms with van der Waals surface area (Å²) in [5.74, 6) is 0.619. The lowest BCUT2D eigenvalue weighted by Gasteiger charge is -2.46. The smallest absolute Gasteiger partial charge is 0.254 e. The molecule has 1 saturated carbocycles. The number of hydrogen-bond acceptors (Lipinski definition) is 3. The number of carbonyl (C=O) groups is 1. The van der Waals surface area contributed by atoms with Crippen molar-refractivity contribution in [1.82, 2.24) is 10.2 Å². The van der Waals surface area contributed by atoms with Crippen LogP contribution in [0.3, 0.4) is 0 Å². The van der Waals surface area contributed by atoms with Crippen molar-refractivity contribution in [2.24, 2.45) is 11.8 Å². The monoisotopic (exact) mass is 370 g/mol. The minimum Gasteiger partial charge on any atom is -0.396 e. The minimum absolute atomic E-state index is 0.0207. The number of rotatable bonds is 5. The maximum Gasteiger partial charge on any atom is 0.254 e. The van der Waals surface area contributed by atoms with Crippen LogP contribution in [0.15, 0.2) is 18.2 Å². The number of likely N-dealkylation sites (tertiary alicyclic amines) is 1. The van der Waals surface area contributed by atoms with E-state index in [1.54, 1.807) is 18.2 Å². The van der Waals surface area contributed by atoms with Gasteiger partial charge in [0, 0.05) is 24.7 Å². The van der Waals surface area contributed by atoms with Gasteiger partial charge < -0.3 is 10.4 Å². The number of aliphatic hydroxyl groups is 1. The molecule has 132 valence electrons. The average molecular weight is 371 g/mol. The average Bonchev–Trinajstić information content (AvgIpc) is 2.53. The lowest BCUT2D eigenvalue weighted by Crippen LogP contribution is -2.57. The lowest BCUT2D eigenvalue weighted by atomic mass is 9.73. The third-order valence-electron chi connectivity index (χ3n) is 5.22. The Morgan fingerprint density at radius 3 is 2.58 bits per heavy atom. The first-order chi connectivity index (χ1) is 11.6. The summed E-state index contributed by atoms with van der Waals surface area (Å²) >= 11 is 12.1. The summed E-state index contributed by atoms with van der Waals surface area (Å²) in [5, 5.41) is 13.4. The van der Waals surface area contributed by atoms with Crippen LogP contribution in [0.1, 0.15) is 42.5 Å². The van der Waals surface area contributed by atoms with Crippen LogP contribution in [-0.4, -0.2) is 41.8 Å². The zero-order valence-corrected chi connectivity index (χ0v) is 15.2. The van der Waals surface area contributed by atoms with E-state index in [9.17, 15) is 9.90 Å². The number of carbonyl (C=O) groups excluding carboxylic acids is 1. The highest BCUT2D eigenvalue weighted by molar-refractivity contribution is 6.36. The molecule has 6 heteroatoms. The molecule has 0 bridgehead atoms. The first kappa shape index (κ1) is 18.0. The number of piperidine rings is 1. The standard InChI is InChI=1S/C18H24Cl2N2O2/c19-14-4-5-15(16(20)10-14)18(24)21-17(13-8-12(9-13)11-23)22-6-2-1-3-7-22/h4-5,10,12-13,17,23H,1-3,6-9,11H2,(H,21,24). The normalized spacial score (nSPS) is 25.8. The van der Waals surface area contributed by atoms with Crippen molar-refractivity contribution >= 4 is 29.1 Å². The van der Waals surface area contributed by atoms with Gasteiger partial charge in [-0.1, -0.05) is 29.6 Å². The second-order valence-corrected chi connectivity index (χ2v) is 7.76. The summed E-state index contributed by atoms with van der Waals surface area (Å²) in [6.45, 7) is 2.26. The Labute approximate surface area is 153 Å². The van der Waals surface area contributed by atoms with Gasteiger partial charge in [-0.25, -0.2) is 0 Å². The van der Waals surface area contributed by atoms with Crippen molar-refractivity contribution in [2.45, 2.75) is 38.3 Å². The van der Waals surface area contributed by atoms with E-state index < -0.39 is 0 Å². The first-order valence-electron chi connectivity index (χ1n) is 8.69. The molecule has 0 spiro atoms. The molecule has 1 atom stereocenters. The number of nitrogens with one attached hydrogen (secondary N) is 1. The van der Waals surface area contributed by atoms with Gasteiger partial charge in [-0.15, -0.1) is 0 Å². The van der Waals surface area contributed by atoms with E-state index in [2.05, 4.69) is 10.2 Å². The van der Waals surface area contributed by atoms with Crippen LogP contribution in [0.25, 0.3) is 0 Å². The van der Waals surface area contributed by atoms with Crippen molar-refractivity contribution in [3.8, 4) is 0 Å². The van der Waals surface area contributed by atoms with E-state index in [0.29, 0.717) is 27.4 Å². The number of amides is 1. The predicted molar refractivity (Wildman–Crippen MR) is 96.4 cm³/mol. The summed E-state index contributed by atoms with van der Waals surface area (Å²) in [7, 11) is 0. The van der Waals surface area contributed by atoms with Crippen molar-refractivity contribution in [3.05, 3.63) is 33.8 Å². The quantitative estimate of drug-likeness (QED) is 0.832. The van der Waals surface area contributed by atoms with E-state index in [0.717, 1.165) is 25.9 Å².